The molecule has 0 amide bonds. The van der Waals surface area contributed by atoms with Crippen LogP contribution >= 0.6 is 0 Å². The molecule has 0 spiro atoms. The van der Waals surface area contributed by atoms with Gasteiger partial charge < -0.3 is 4.74 Å². The maximum atomic E-state index is 9.08. The fourth-order valence-corrected chi connectivity index (χ4v) is 1.54. The summed E-state index contributed by atoms with van der Waals surface area (Å²) in [4.78, 5) is 0. The molecule has 0 aromatic rings. The van der Waals surface area contributed by atoms with Gasteiger partial charge in [-0.05, 0) is 34.1 Å². The Morgan fingerprint density at radius 3 is 2.40 bits per heavy atom. The van der Waals surface area contributed by atoms with Crippen molar-refractivity contribution in [2.75, 3.05) is 6.61 Å². The van der Waals surface area contributed by atoms with Crippen LogP contribution in [0.4, 0.5) is 0 Å². The molecular weight excluding hydrogens is 188 g/mol. The van der Waals surface area contributed by atoms with E-state index in [4.69, 9.17) is 10.00 Å². The van der Waals surface area contributed by atoms with E-state index >= 15 is 0 Å². The summed E-state index contributed by atoms with van der Waals surface area (Å²) < 4.78 is 5.65. The summed E-state index contributed by atoms with van der Waals surface area (Å²) in [6.07, 6.45) is 2.39. The van der Waals surface area contributed by atoms with E-state index in [9.17, 15) is 0 Å². The normalized spacial score (nSPS) is 17.1. The average Bonchev–Trinajstić information content (AvgIpc) is 2.14. The molecule has 0 radical (unpaired) electrons. The molecule has 0 aliphatic carbocycles. The van der Waals surface area contributed by atoms with Gasteiger partial charge in [0.2, 0.25) is 0 Å². The second kappa shape index (κ2) is 6.81. The van der Waals surface area contributed by atoms with Crippen molar-refractivity contribution in [2.24, 2.45) is 0 Å². The predicted molar refractivity (Wildman–Crippen MR) is 62.6 cm³/mol. The first kappa shape index (κ1) is 14.4. The van der Waals surface area contributed by atoms with Gasteiger partial charge in [-0.15, -0.1) is 0 Å². The zero-order valence-corrected chi connectivity index (χ0v) is 10.6. The third-order valence-electron chi connectivity index (χ3n) is 2.21. The first-order chi connectivity index (χ1) is 6.93. The minimum atomic E-state index is -0.573. The van der Waals surface area contributed by atoms with E-state index in [0.717, 1.165) is 12.8 Å². The lowest BCUT2D eigenvalue weighted by Crippen LogP contribution is -2.49. The van der Waals surface area contributed by atoms with Crippen LogP contribution in [0.2, 0.25) is 0 Å². The first-order valence-corrected chi connectivity index (χ1v) is 5.74. The van der Waals surface area contributed by atoms with Gasteiger partial charge in [-0.25, -0.2) is 0 Å². The lowest BCUT2D eigenvalue weighted by atomic mass is 10.0. The van der Waals surface area contributed by atoms with Crippen LogP contribution in [0.25, 0.3) is 0 Å². The summed E-state index contributed by atoms with van der Waals surface area (Å²) >= 11 is 0. The van der Waals surface area contributed by atoms with Crippen molar-refractivity contribution < 1.29 is 4.74 Å². The first-order valence-electron chi connectivity index (χ1n) is 5.74. The fraction of sp³-hybridized carbons (Fsp3) is 0.917. The average molecular weight is 212 g/mol. The molecule has 2 unspecified atom stereocenters. The van der Waals surface area contributed by atoms with E-state index in [1.165, 1.54) is 0 Å². The number of nitriles is 1. The summed E-state index contributed by atoms with van der Waals surface area (Å²) in [5.41, 5.74) is -0.573. The molecule has 88 valence electrons. The number of hydrogen-bond acceptors (Lipinski definition) is 3. The van der Waals surface area contributed by atoms with E-state index in [1.54, 1.807) is 0 Å². The number of nitrogens with zero attached hydrogens (tertiary/aromatic N) is 1. The molecule has 1 N–H and O–H groups in total. The molecule has 2 atom stereocenters. The Bertz CT molecular complexity index is 210. The molecule has 15 heavy (non-hydrogen) atoms. The van der Waals surface area contributed by atoms with Crippen LogP contribution in [0.1, 0.15) is 47.5 Å². The van der Waals surface area contributed by atoms with Gasteiger partial charge in [-0.1, -0.05) is 13.3 Å². The van der Waals surface area contributed by atoms with Gasteiger partial charge in [0.25, 0.3) is 0 Å². The van der Waals surface area contributed by atoms with Gasteiger partial charge in [0.15, 0.2) is 0 Å². The number of hydrogen-bond donors (Lipinski definition) is 1. The zero-order valence-electron chi connectivity index (χ0n) is 10.6. The highest BCUT2D eigenvalue weighted by molar-refractivity contribution is 5.04. The zero-order chi connectivity index (χ0) is 11.9. The Morgan fingerprint density at radius 2 is 2.00 bits per heavy atom. The molecule has 0 bridgehead atoms. The Morgan fingerprint density at radius 1 is 1.40 bits per heavy atom. The van der Waals surface area contributed by atoms with E-state index in [0.29, 0.717) is 12.6 Å². The lowest BCUT2D eigenvalue weighted by Gasteiger charge is -2.27. The third kappa shape index (κ3) is 6.48. The van der Waals surface area contributed by atoms with E-state index in [1.807, 2.05) is 20.8 Å². The highest BCUT2D eigenvalue weighted by Crippen LogP contribution is 2.08. The molecule has 0 aromatic carbocycles. The Hall–Kier alpha value is -0.590. The monoisotopic (exact) mass is 212 g/mol. The summed E-state index contributed by atoms with van der Waals surface area (Å²) in [6.45, 7) is 10.6. The highest BCUT2D eigenvalue weighted by atomic mass is 16.5. The Kier molecular flexibility index (Phi) is 6.55. The standard InChI is InChI=1S/C12H24N2O/c1-6-7-11(4)15-9-12(5,8-13)14-10(2)3/h10-11,14H,6-7,9H2,1-5H3. The highest BCUT2D eigenvalue weighted by Gasteiger charge is 2.25. The Balaban J connectivity index is 4.04. The van der Waals surface area contributed by atoms with Crippen LogP contribution in [-0.4, -0.2) is 24.3 Å². The maximum Gasteiger partial charge on any atom is 0.127 e. The summed E-state index contributed by atoms with van der Waals surface area (Å²) in [6, 6.07) is 2.56. The van der Waals surface area contributed by atoms with Crippen LogP contribution in [0, 0.1) is 11.3 Å². The van der Waals surface area contributed by atoms with Gasteiger partial charge in [0.05, 0.1) is 18.8 Å². The van der Waals surface area contributed by atoms with E-state index in [2.05, 4.69) is 25.2 Å². The van der Waals surface area contributed by atoms with Crippen molar-refractivity contribution in [3.63, 3.8) is 0 Å². The van der Waals surface area contributed by atoms with Crippen LogP contribution in [0.3, 0.4) is 0 Å². The van der Waals surface area contributed by atoms with Crippen molar-refractivity contribution in [3.05, 3.63) is 0 Å². The van der Waals surface area contributed by atoms with Crippen molar-refractivity contribution >= 4 is 0 Å². The van der Waals surface area contributed by atoms with Gasteiger partial charge in [0.1, 0.15) is 5.54 Å². The SMILES string of the molecule is CCCC(C)OCC(C)(C#N)NC(C)C. The minimum absolute atomic E-state index is 0.233. The summed E-state index contributed by atoms with van der Waals surface area (Å²) in [7, 11) is 0. The number of rotatable bonds is 7. The van der Waals surface area contributed by atoms with Gasteiger partial charge in [-0.2, -0.15) is 5.26 Å². The van der Waals surface area contributed by atoms with Crippen LogP contribution < -0.4 is 5.32 Å². The van der Waals surface area contributed by atoms with Gasteiger partial charge in [-0.3, -0.25) is 5.32 Å². The van der Waals surface area contributed by atoms with E-state index in [-0.39, 0.29) is 6.10 Å². The molecule has 0 heterocycles. The molecule has 0 aliphatic heterocycles. The van der Waals surface area contributed by atoms with Crippen LogP contribution in [-0.2, 0) is 4.74 Å². The molecule has 0 fully saturated rings. The molecule has 0 saturated heterocycles. The van der Waals surface area contributed by atoms with Crippen molar-refractivity contribution in [1.29, 1.82) is 5.26 Å². The predicted octanol–water partition coefficient (Wildman–Crippen LogP) is 2.47. The summed E-state index contributed by atoms with van der Waals surface area (Å²) in [5.74, 6) is 0. The Labute approximate surface area is 93.8 Å². The second-order valence-electron chi connectivity index (χ2n) is 4.65. The molecule has 0 saturated carbocycles. The number of nitrogens with one attached hydrogen (secondary N) is 1. The smallest absolute Gasteiger partial charge is 0.127 e. The topological polar surface area (TPSA) is 45.0 Å². The van der Waals surface area contributed by atoms with Crippen molar-refractivity contribution in [1.82, 2.24) is 5.32 Å². The third-order valence-corrected chi connectivity index (χ3v) is 2.21. The van der Waals surface area contributed by atoms with Crippen molar-refractivity contribution in [2.45, 2.75) is 65.1 Å². The second-order valence-corrected chi connectivity index (χ2v) is 4.65. The molecule has 3 heteroatoms. The van der Waals surface area contributed by atoms with Crippen LogP contribution in [0.15, 0.2) is 0 Å². The lowest BCUT2D eigenvalue weighted by molar-refractivity contribution is 0.0310. The molecule has 0 rings (SSSR count). The fourth-order valence-electron chi connectivity index (χ4n) is 1.54. The van der Waals surface area contributed by atoms with Crippen LogP contribution in [0.5, 0.6) is 0 Å². The minimum Gasteiger partial charge on any atom is -0.375 e. The maximum absolute atomic E-state index is 9.08. The molecule has 3 nitrogen and oxygen atoms in total. The molecule has 0 aliphatic rings. The van der Waals surface area contributed by atoms with Crippen molar-refractivity contribution in [3.8, 4) is 6.07 Å². The number of ether oxygens (including phenoxy) is 1. The molecular formula is C12H24N2O. The van der Waals surface area contributed by atoms with Gasteiger partial charge >= 0.3 is 0 Å². The van der Waals surface area contributed by atoms with Gasteiger partial charge in [0, 0.05) is 6.04 Å². The molecule has 0 aromatic heterocycles. The largest absolute Gasteiger partial charge is 0.375 e. The van der Waals surface area contributed by atoms with E-state index < -0.39 is 5.54 Å². The summed E-state index contributed by atoms with van der Waals surface area (Å²) in [5, 5.41) is 12.3. The quantitative estimate of drug-likeness (QED) is 0.705.